The predicted molar refractivity (Wildman–Crippen MR) is 60.3 cm³/mol. The van der Waals surface area contributed by atoms with Crippen molar-refractivity contribution in [2.24, 2.45) is 5.92 Å². The lowest BCUT2D eigenvalue weighted by molar-refractivity contribution is 0.421. The van der Waals surface area contributed by atoms with Gasteiger partial charge in [0.05, 0.1) is 0 Å². The molecule has 2 atom stereocenters. The third-order valence-electron chi connectivity index (χ3n) is 3.51. The Bertz CT molecular complexity index is 365. The number of hydrogen-bond donors (Lipinski definition) is 1. The lowest BCUT2D eigenvalue weighted by atomic mass is 9.94. The van der Waals surface area contributed by atoms with Crippen LogP contribution in [0.3, 0.4) is 0 Å². The average Bonchev–Trinajstić information content (AvgIpc) is 2.71. The molecular weight excluding hydrogens is 208 g/mol. The number of nitrogens with one attached hydrogen (secondary N) is 1. The lowest BCUT2D eigenvalue weighted by Gasteiger charge is -2.18. The molecule has 0 spiro atoms. The summed E-state index contributed by atoms with van der Waals surface area (Å²) in [6.45, 7) is 0. The molecule has 0 aromatic heterocycles. The fraction of sp³-hybridized carbons (Fsp3) is 0.538. The van der Waals surface area contributed by atoms with Crippen LogP contribution in [0.15, 0.2) is 18.2 Å². The van der Waals surface area contributed by atoms with E-state index in [0.717, 1.165) is 12.0 Å². The summed E-state index contributed by atoms with van der Waals surface area (Å²) in [5.74, 6) is -0.952. The number of hydrogen-bond acceptors (Lipinski definition) is 1. The van der Waals surface area contributed by atoms with E-state index in [4.69, 9.17) is 0 Å². The largest absolute Gasteiger partial charge is 0.317 e. The molecule has 0 heterocycles. The standard InChI is InChI=1S/C13H17F2N/c1-16-13-4-2-3-10(13)7-9-5-6-11(14)12(15)8-9/h5-6,8,10,13,16H,2-4,7H2,1H3. The van der Waals surface area contributed by atoms with E-state index < -0.39 is 11.6 Å². The van der Waals surface area contributed by atoms with Crippen molar-refractivity contribution in [3.63, 3.8) is 0 Å². The van der Waals surface area contributed by atoms with Crippen LogP contribution in [0.5, 0.6) is 0 Å². The van der Waals surface area contributed by atoms with Crippen molar-refractivity contribution in [3.05, 3.63) is 35.4 Å². The molecule has 1 N–H and O–H groups in total. The first-order valence-corrected chi connectivity index (χ1v) is 5.82. The van der Waals surface area contributed by atoms with Gasteiger partial charge in [0.15, 0.2) is 11.6 Å². The van der Waals surface area contributed by atoms with Crippen molar-refractivity contribution >= 4 is 0 Å². The summed E-state index contributed by atoms with van der Waals surface area (Å²) in [6.07, 6.45) is 4.41. The summed E-state index contributed by atoms with van der Waals surface area (Å²) in [5.41, 5.74) is 0.894. The topological polar surface area (TPSA) is 12.0 Å². The summed E-state index contributed by atoms with van der Waals surface area (Å²) in [7, 11) is 1.97. The van der Waals surface area contributed by atoms with E-state index in [0.29, 0.717) is 12.0 Å². The first kappa shape index (κ1) is 11.5. The summed E-state index contributed by atoms with van der Waals surface area (Å²) >= 11 is 0. The van der Waals surface area contributed by atoms with Crippen LogP contribution in [0.2, 0.25) is 0 Å². The predicted octanol–water partition coefficient (Wildman–Crippen LogP) is 2.90. The molecule has 0 bridgehead atoms. The molecule has 0 saturated heterocycles. The molecule has 3 heteroatoms. The highest BCUT2D eigenvalue weighted by molar-refractivity contribution is 5.18. The van der Waals surface area contributed by atoms with Crippen LogP contribution in [-0.4, -0.2) is 13.1 Å². The molecule has 1 nitrogen and oxygen atoms in total. The fourth-order valence-corrected chi connectivity index (χ4v) is 2.63. The number of halogens is 2. The van der Waals surface area contributed by atoms with Gasteiger partial charge in [0, 0.05) is 6.04 Å². The van der Waals surface area contributed by atoms with E-state index >= 15 is 0 Å². The van der Waals surface area contributed by atoms with Crippen molar-refractivity contribution in [1.82, 2.24) is 5.32 Å². The zero-order valence-corrected chi connectivity index (χ0v) is 9.47. The molecule has 1 aromatic carbocycles. The van der Waals surface area contributed by atoms with E-state index in [-0.39, 0.29) is 0 Å². The molecule has 1 fully saturated rings. The van der Waals surface area contributed by atoms with Crippen LogP contribution in [0.25, 0.3) is 0 Å². The van der Waals surface area contributed by atoms with Crippen LogP contribution >= 0.6 is 0 Å². The minimum atomic E-state index is -0.764. The third-order valence-corrected chi connectivity index (χ3v) is 3.51. The van der Waals surface area contributed by atoms with E-state index in [1.165, 1.54) is 31.4 Å². The molecule has 0 radical (unpaired) electrons. The van der Waals surface area contributed by atoms with Crippen LogP contribution < -0.4 is 5.32 Å². The zero-order chi connectivity index (χ0) is 11.5. The molecular formula is C13H17F2N. The molecule has 1 aliphatic rings. The maximum absolute atomic E-state index is 13.0. The lowest BCUT2D eigenvalue weighted by Crippen LogP contribution is -2.30. The van der Waals surface area contributed by atoms with E-state index in [9.17, 15) is 8.78 Å². The van der Waals surface area contributed by atoms with Gasteiger partial charge < -0.3 is 5.32 Å². The summed E-state index contributed by atoms with van der Waals surface area (Å²) in [4.78, 5) is 0. The minimum Gasteiger partial charge on any atom is -0.317 e. The van der Waals surface area contributed by atoms with Crippen LogP contribution in [-0.2, 0) is 6.42 Å². The van der Waals surface area contributed by atoms with Crippen LogP contribution in [0.1, 0.15) is 24.8 Å². The van der Waals surface area contributed by atoms with Crippen molar-refractivity contribution < 1.29 is 8.78 Å². The van der Waals surface area contributed by atoms with Gasteiger partial charge in [0.25, 0.3) is 0 Å². The summed E-state index contributed by atoms with van der Waals surface area (Å²) < 4.78 is 25.8. The monoisotopic (exact) mass is 225 g/mol. The Hall–Kier alpha value is -0.960. The fourth-order valence-electron chi connectivity index (χ4n) is 2.63. The average molecular weight is 225 g/mol. The molecule has 2 unspecified atom stereocenters. The van der Waals surface area contributed by atoms with Gasteiger partial charge in [-0.05, 0) is 49.9 Å². The molecule has 16 heavy (non-hydrogen) atoms. The third kappa shape index (κ3) is 2.40. The minimum absolute atomic E-state index is 0.521. The van der Waals surface area contributed by atoms with Gasteiger partial charge in [-0.25, -0.2) is 8.78 Å². The highest BCUT2D eigenvalue weighted by Crippen LogP contribution is 2.28. The van der Waals surface area contributed by atoms with E-state index in [1.54, 1.807) is 6.07 Å². The SMILES string of the molecule is CNC1CCCC1Cc1ccc(F)c(F)c1. The maximum atomic E-state index is 13.0. The molecule has 0 aliphatic heterocycles. The molecule has 1 aliphatic carbocycles. The van der Waals surface area contributed by atoms with Crippen molar-refractivity contribution in [3.8, 4) is 0 Å². The highest BCUT2D eigenvalue weighted by Gasteiger charge is 2.25. The smallest absolute Gasteiger partial charge is 0.159 e. The molecule has 88 valence electrons. The van der Waals surface area contributed by atoms with Crippen LogP contribution in [0.4, 0.5) is 8.78 Å². The molecule has 1 saturated carbocycles. The Morgan fingerprint density at radius 1 is 1.25 bits per heavy atom. The zero-order valence-electron chi connectivity index (χ0n) is 9.47. The summed E-state index contributed by atoms with van der Waals surface area (Å²) in [6, 6.07) is 4.74. The van der Waals surface area contributed by atoms with Gasteiger partial charge in [0.2, 0.25) is 0 Å². The van der Waals surface area contributed by atoms with E-state index in [1.807, 2.05) is 7.05 Å². The first-order chi connectivity index (χ1) is 7.70. The summed E-state index contributed by atoms with van der Waals surface area (Å²) in [5, 5.41) is 3.29. The molecule has 2 rings (SSSR count). The molecule has 1 aromatic rings. The van der Waals surface area contributed by atoms with Gasteiger partial charge in [-0.3, -0.25) is 0 Å². The second kappa shape index (κ2) is 4.91. The van der Waals surface area contributed by atoms with Gasteiger partial charge in [-0.2, -0.15) is 0 Å². The van der Waals surface area contributed by atoms with Gasteiger partial charge in [-0.15, -0.1) is 0 Å². The Morgan fingerprint density at radius 2 is 2.06 bits per heavy atom. The van der Waals surface area contributed by atoms with Crippen molar-refractivity contribution in [1.29, 1.82) is 0 Å². The van der Waals surface area contributed by atoms with E-state index in [2.05, 4.69) is 5.32 Å². The second-order valence-corrected chi connectivity index (χ2v) is 4.54. The normalized spacial score (nSPS) is 24.9. The quantitative estimate of drug-likeness (QED) is 0.834. The van der Waals surface area contributed by atoms with Crippen molar-refractivity contribution in [2.75, 3.05) is 7.05 Å². The number of rotatable bonds is 3. The Balaban J connectivity index is 2.05. The van der Waals surface area contributed by atoms with Gasteiger partial charge in [0.1, 0.15) is 0 Å². The van der Waals surface area contributed by atoms with Crippen LogP contribution in [0, 0.1) is 17.6 Å². The second-order valence-electron chi connectivity index (χ2n) is 4.54. The van der Waals surface area contributed by atoms with Gasteiger partial charge >= 0.3 is 0 Å². The first-order valence-electron chi connectivity index (χ1n) is 5.82. The van der Waals surface area contributed by atoms with Crippen molar-refractivity contribution in [2.45, 2.75) is 31.7 Å². The Labute approximate surface area is 94.9 Å². The molecule has 0 amide bonds. The van der Waals surface area contributed by atoms with Gasteiger partial charge in [-0.1, -0.05) is 12.5 Å². The Morgan fingerprint density at radius 3 is 2.75 bits per heavy atom. The highest BCUT2D eigenvalue weighted by atomic mass is 19.2. The Kier molecular flexibility index (Phi) is 3.54. The maximum Gasteiger partial charge on any atom is 0.159 e. The number of benzene rings is 1.